The topological polar surface area (TPSA) is 157 Å². The quantitative estimate of drug-likeness (QED) is 0.498. The van der Waals surface area contributed by atoms with E-state index in [1.807, 2.05) is 0 Å². The molecule has 0 aliphatic rings. The van der Waals surface area contributed by atoms with Gasteiger partial charge >= 0.3 is 0 Å². The number of hydrogen-bond donors (Lipinski definition) is 3. The van der Waals surface area contributed by atoms with E-state index in [9.17, 15) is 14.4 Å². The van der Waals surface area contributed by atoms with Crippen LogP contribution in [0.5, 0.6) is 0 Å². The molecular formula is C16H14N6O4. The number of ketones is 1. The summed E-state index contributed by atoms with van der Waals surface area (Å²) in [6.45, 7) is 0. The first-order chi connectivity index (χ1) is 12.6. The Morgan fingerprint density at radius 1 is 1.23 bits per heavy atom. The number of H-pyrrole nitrogens is 1. The van der Waals surface area contributed by atoms with Gasteiger partial charge in [0.1, 0.15) is 11.7 Å². The molecule has 0 saturated carbocycles. The minimum Gasteiger partial charge on any atom is -0.472 e. The maximum absolute atomic E-state index is 12.6. The molecule has 1 unspecified atom stereocenters. The minimum absolute atomic E-state index is 0.0424. The van der Waals surface area contributed by atoms with Crippen molar-refractivity contribution >= 4 is 17.6 Å². The average Bonchev–Trinajstić information content (AvgIpc) is 3.32. The lowest BCUT2D eigenvalue weighted by Crippen LogP contribution is -2.47. The molecule has 3 aromatic rings. The smallest absolute Gasteiger partial charge is 0.287 e. The van der Waals surface area contributed by atoms with Crippen LogP contribution in [0.1, 0.15) is 16.1 Å². The third-order valence-electron chi connectivity index (χ3n) is 3.56. The molecule has 3 heterocycles. The van der Waals surface area contributed by atoms with Crippen LogP contribution in [0.2, 0.25) is 0 Å². The maximum Gasteiger partial charge on any atom is 0.287 e. The number of furan rings is 1. The van der Waals surface area contributed by atoms with E-state index in [0.29, 0.717) is 11.3 Å². The molecule has 3 aromatic heterocycles. The number of pyridine rings is 1. The summed E-state index contributed by atoms with van der Waals surface area (Å²) >= 11 is 0. The summed E-state index contributed by atoms with van der Waals surface area (Å²) in [7, 11) is 0. The van der Waals surface area contributed by atoms with Crippen molar-refractivity contribution < 1.29 is 18.8 Å². The first kappa shape index (κ1) is 17.0. The SMILES string of the molecule is NC(=O)C(=O)C(Cc1ccoc1)NC(=O)c1n[nH]nc1-c1ccccn1. The number of nitrogens with two attached hydrogens (primary N) is 1. The van der Waals surface area contributed by atoms with Gasteiger partial charge in [0.05, 0.1) is 18.2 Å². The Hall–Kier alpha value is -3.82. The Bertz CT molecular complexity index is 919. The molecule has 0 fully saturated rings. The fourth-order valence-electron chi connectivity index (χ4n) is 2.32. The van der Waals surface area contributed by atoms with Gasteiger partial charge in [-0.05, 0) is 23.8 Å². The van der Waals surface area contributed by atoms with Crippen LogP contribution in [0.4, 0.5) is 0 Å². The van der Waals surface area contributed by atoms with Gasteiger partial charge in [0.25, 0.3) is 11.8 Å². The number of carbonyl (C=O) groups is 3. The van der Waals surface area contributed by atoms with Crippen LogP contribution in [-0.4, -0.2) is 44.0 Å². The van der Waals surface area contributed by atoms with Gasteiger partial charge in [-0.1, -0.05) is 6.07 Å². The van der Waals surface area contributed by atoms with Crippen LogP contribution in [-0.2, 0) is 16.0 Å². The summed E-state index contributed by atoms with van der Waals surface area (Å²) in [6.07, 6.45) is 4.41. The molecule has 0 aliphatic heterocycles. The number of Topliss-reactive ketones (excluding diaryl/α,β-unsaturated/α-hetero) is 1. The highest BCUT2D eigenvalue weighted by Gasteiger charge is 2.28. The molecule has 4 N–H and O–H groups in total. The number of aromatic nitrogens is 4. The molecule has 0 aromatic carbocycles. The molecule has 2 amide bonds. The van der Waals surface area contributed by atoms with Gasteiger partial charge < -0.3 is 15.5 Å². The van der Waals surface area contributed by atoms with Crippen molar-refractivity contribution in [3.05, 3.63) is 54.2 Å². The van der Waals surface area contributed by atoms with Gasteiger partial charge in [-0.25, -0.2) is 0 Å². The van der Waals surface area contributed by atoms with E-state index in [1.165, 1.54) is 12.5 Å². The van der Waals surface area contributed by atoms with E-state index in [4.69, 9.17) is 10.2 Å². The second-order valence-corrected chi connectivity index (χ2v) is 5.33. The van der Waals surface area contributed by atoms with Crippen molar-refractivity contribution in [1.29, 1.82) is 0 Å². The predicted octanol–water partition coefficient (Wildman–Crippen LogP) is -0.145. The first-order valence-corrected chi connectivity index (χ1v) is 7.54. The Kier molecular flexibility index (Phi) is 4.83. The van der Waals surface area contributed by atoms with Gasteiger partial charge in [0.2, 0.25) is 5.78 Å². The molecule has 0 bridgehead atoms. The van der Waals surface area contributed by atoms with Crippen LogP contribution in [0.15, 0.2) is 47.4 Å². The second-order valence-electron chi connectivity index (χ2n) is 5.33. The third-order valence-corrected chi connectivity index (χ3v) is 3.56. The molecule has 0 spiro atoms. The minimum atomic E-state index is -1.16. The molecule has 10 heteroatoms. The number of primary amides is 1. The zero-order chi connectivity index (χ0) is 18.5. The molecule has 0 radical (unpaired) electrons. The fraction of sp³-hybridized carbons (Fsp3) is 0.125. The van der Waals surface area contributed by atoms with E-state index < -0.39 is 23.6 Å². The highest BCUT2D eigenvalue weighted by Crippen LogP contribution is 2.16. The van der Waals surface area contributed by atoms with E-state index in [2.05, 4.69) is 25.7 Å². The first-order valence-electron chi connectivity index (χ1n) is 7.54. The van der Waals surface area contributed by atoms with E-state index in [0.717, 1.165) is 0 Å². The number of amides is 2. The van der Waals surface area contributed by atoms with Crippen LogP contribution in [0.25, 0.3) is 11.4 Å². The number of nitrogens with zero attached hydrogens (tertiary/aromatic N) is 3. The van der Waals surface area contributed by atoms with E-state index in [1.54, 1.807) is 30.5 Å². The summed E-state index contributed by atoms with van der Waals surface area (Å²) in [5.74, 6) is -2.77. The molecule has 0 aliphatic carbocycles. The fourth-order valence-corrected chi connectivity index (χ4v) is 2.32. The Morgan fingerprint density at radius 3 is 2.73 bits per heavy atom. The second kappa shape index (κ2) is 7.38. The van der Waals surface area contributed by atoms with Crippen LogP contribution >= 0.6 is 0 Å². The molecule has 3 rings (SSSR count). The van der Waals surface area contributed by atoms with Crippen LogP contribution in [0, 0.1) is 0 Å². The highest BCUT2D eigenvalue weighted by atomic mass is 16.3. The van der Waals surface area contributed by atoms with Crippen molar-refractivity contribution in [3.63, 3.8) is 0 Å². The number of nitrogens with one attached hydrogen (secondary N) is 2. The number of aromatic amines is 1. The predicted molar refractivity (Wildman–Crippen MR) is 87.5 cm³/mol. The largest absolute Gasteiger partial charge is 0.472 e. The summed E-state index contributed by atoms with van der Waals surface area (Å²) in [5, 5.41) is 12.6. The number of carbonyl (C=O) groups excluding carboxylic acids is 3. The van der Waals surface area contributed by atoms with Gasteiger partial charge in [-0.15, -0.1) is 0 Å². The summed E-state index contributed by atoms with van der Waals surface area (Å²) in [5.41, 5.74) is 6.29. The molecular weight excluding hydrogens is 340 g/mol. The van der Waals surface area contributed by atoms with Gasteiger partial charge in [0.15, 0.2) is 5.69 Å². The molecule has 1 atom stereocenters. The zero-order valence-corrected chi connectivity index (χ0v) is 13.4. The van der Waals surface area contributed by atoms with Crippen molar-refractivity contribution in [2.75, 3.05) is 0 Å². The Labute approximate surface area is 146 Å². The van der Waals surface area contributed by atoms with Crippen LogP contribution in [0.3, 0.4) is 0 Å². The third kappa shape index (κ3) is 3.64. The monoisotopic (exact) mass is 354 g/mol. The number of rotatable bonds is 7. The van der Waals surface area contributed by atoms with Crippen molar-refractivity contribution in [3.8, 4) is 11.4 Å². The average molecular weight is 354 g/mol. The lowest BCUT2D eigenvalue weighted by atomic mass is 10.0. The van der Waals surface area contributed by atoms with Crippen LogP contribution < -0.4 is 11.1 Å². The van der Waals surface area contributed by atoms with Gasteiger partial charge in [-0.2, -0.15) is 15.4 Å². The Morgan fingerprint density at radius 2 is 2.08 bits per heavy atom. The highest BCUT2D eigenvalue weighted by molar-refractivity contribution is 6.38. The normalized spacial score (nSPS) is 11.7. The van der Waals surface area contributed by atoms with Gasteiger partial charge in [0, 0.05) is 12.6 Å². The molecule has 10 nitrogen and oxygen atoms in total. The molecule has 26 heavy (non-hydrogen) atoms. The van der Waals surface area contributed by atoms with Gasteiger partial charge in [-0.3, -0.25) is 19.4 Å². The lowest BCUT2D eigenvalue weighted by Gasteiger charge is -2.14. The standard InChI is InChI=1S/C16H14N6O4/c17-15(24)14(23)11(7-9-4-6-26-8-9)19-16(25)13-12(20-22-21-13)10-3-1-2-5-18-10/h1-6,8,11H,7H2,(H2,17,24)(H,19,25)(H,20,21,22). The lowest BCUT2D eigenvalue weighted by molar-refractivity contribution is -0.137. The number of hydrogen-bond acceptors (Lipinski definition) is 7. The molecule has 0 saturated heterocycles. The van der Waals surface area contributed by atoms with Crippen molar-refractivity contribution in [2.24, 2.45) is 5.73 Å². The van der Waals surface area contributed by atoms with E-state index >= 15 is 0 Å². The Balaban J connectivity index is 1.83. The summed E-state index contributed by atoms with van der Waals surface area (Å²) < 4.78 is 4.93. The zero-order valence-electron chi connectivity index (χ0n) is 13.4. The van der Waals surface area contributed by atoms with Crippen molar-refractivity contribution in [1.82, 2.24) is 25.7 Å². The maximum atomic E-state index is 12.6. The summed E-state index contributed by atoms with van der Waals surface area (Å²) in [4.78, 5) is 40.0. The summed E-state index contributed by atoms with van der Waals surface area (Å²) in [6, 6.07) is 5.56. The van der Waals surface area contributed by atoms with Crippen molar-refractivity contribution in [2.45, 2.75) is 12.5 Å². The van der Waals surface area contributed by atoms with E-state index in [-0.39, 0.29) is 17.8 Å². The molecule has 132 valence electrons.